The maximum Gasteiger partial charge on any atom is 0.181 e. The lowest BCUT2D eigenvalue weighted by Crippen LogP contribution is -1.97. The van der Waals surface area contributed by atoms with Crippen LogP contribution in [0.25, 0.3) is 10.8 Å². The summed E-state index contributed by atoms with van der Waals surface area (Å²) in [5.41, 5.74) is 6.24. The van der Waals surface area contributed by atoms with E-state index >= 15 is 0 Å². The van der Waals surface area contributed by atoms with Crippen molar-refractivity contribution in [3.8, 4) is 11.5 Å². The highest BCUT2D eigenvalue weighted by Gasteiger charge is 2.10. The molecule has 16 heavy (non-hydrogen) atoms. The SMILES string of the molecule is CCCOc1cc2ccccc2c(N)c1O. The Labute approximate surface area is 94.5 Å². The number of nitrogens with two attached hydrogens (primary N) is 1. The number of phenolic OH excluding ortho intramolecular Hbond substituents is 1. The summed E-state index contributed by atoms with van der Waals surface area (Å²) in [5.74, 6) is 0.491. The molecule has 0 aromatic heterocycles. The number of hydrogen-bond donors (Lipinski definition) is 2. The molecule has 0 saturated carbocycles. The highest BCUT2D eigenvalue weighted by molar-refractivity contribution is 5.97. The Kier molecular flexibility index (Phi) is 2.86. The number of phenols is 1. The molecular formula is C13H15NO2. The van der Waals surface area contributed by atoms with Crippen molar-refractivity contribution in [2.75, 3.05) is 12.3 Å². The van der Waals surface area contributed by atoms with Crippen molar-refractivity contribution in [2.24, 2.45) is 0 Å². The molecule has 0 aliphatic heterocycles. The summed E-state index contributed by atoms with van der Waals surface area (Å²) in [4.78, 5) is 0. The molecule has 2 aromatic carbocycles. The largest absolute Gasteiger partial charge is 0.503 e. The zero-order valence-electron chi connectivity index (χ0n) is 9.23. The predicted octanol–water partition coefficient (Wildman–Crippen LogP) is 2.92. The molecule has 0 radical (unpaired) electrons. The van der Waals surface area contributed by atoms with E-state index in [9.17, 15) is 5.11 Å². The summed E-state index contributed by atoms with van der Waals surface area (Å²) >= 11 is 0. The number of fused-ring (bicyclic) bond motifs is 1. The summed E-state index contributed by atoms with van der Waals surface area (Å²) in [6.45, 7) is 2.59. The molecule has 0 unspecified atom stereocenters. The predicted molar refractivity (Wildman–Crippen MR) is 65.8 cm³/mol. The maximum absolute atomic E-state index is 9.87. The minimum atomic E-state index is 0.0344. The van der Waals surface area contributed by atoms with E-state index in [1.807, 2.05) is 37.3 Å². The second-order valence-electron chi connectivity index (χ2n) is 3.71. The molecule has 3 N–H and O–H groups in total. The van der Waals surface area contributed by atoms with Gasteiger partial charge >= 0.3 is 0 Å². The topological polar surface area (TPSA) is 55.5 Å². The van der Waals surface area contributed by atoms with Gasteiger partial charge in [-0.15, -0.1) is 0 Å². The summed E-state index contributed by atoms with van der Waals surface area (Å²) in [6, 6.07) is 9.47. The summed E-state index contributed by atoms with van der Waals surface area (Å²) < 4.78 is 5.44. The van der Waals surface area contributed by atoms with Crippen LogP contribution in [0, 0.1) is 0 Å². The van der Waals surface area contributed by atoms with Gasteiger partial charge in [-0.1, -0.05) is 31.2 Å². The first-order chi connectivity index (χ1) is 7.74. The molecule has 2 aromatic rings. The van der Waals surface area contributed by atoms with Gasteiger partial charge in [0.1, 0.15) is 0 Å². The Morgan fingerprint density at radius 2 is 2.06 bits per heavy atom. The van der Waals surface area contributed by atoms with E-state index in [1.54, 1.807) is 0 Å². The molecule has 0 aliphatic rings. The van der Waals surface area contributed by atoms with Crippen molar-refractivity contribution >= 4 is 16.5 Å². The molecule has 0 atom stereocenters. The second kappa shape index (κ2) is 4.31. The highest BCUT2D eigenvalue weighted by Crippen LogP contribution is 2.38. The van der Waals surface area contributed by atoms with E-state index in [2.05, 4.69) is 0 Å². The Hall–Kier alpha value is -1.90. The Bertz CT molecular complexity index is 509. The molecule has 0 fully saturated rings. The quantitative estimate of drug-likeness (QED) is 0.614. The lowest BCUT2D eigenvalue weighted by molar-refractivity contribution is 0.300. The van der Waals surface area contributed by atoms with Gasteiger partial charge in [-0.05, 0) is 17.9 Å². The minimum absolute atomic E-state index is 0.0344. The van der Waals surface area contributed by atoms with Crippen LogP contribution in [0.2, 0.25) is 0 Å². The molecule has 84 valence electrons. The van der Waals surface area contributed by atoms with E-state index in [0.29, 0.717) is 18.0 Å². The number of anilines is 1. The summed E-state index contributed by atoms with van der Waals surface area (Å²) in [5, 5.41) is 11.7. The van der Waals surface area contributed by atoms with Gasteiger partial charge in [-0.3, -0.25) is 0 Å². The summed E-state index contributed by atoms with van der Waals surface area (Å²) in [6.07, 6.45) is 0.895. The van der Waals surface area contributed by atoms with Crippen LogP contribution in [0.1, 0.15) is 13.3 Å². The standard InChI is InChI=1S/C13H15NO2/c1-2-7-16-11-8-9-5-3-4-6-10(9)12(14)13(11)15/h3-6,8,15H,2,7,14H2,1H3. The van der Waals surface area contributed by atoms with Crippen LogP contribution in [0.5, 0.6) is 11.5 Å². The number of aromatic hydroxyl groups is 1. The minimum Gasteiger partial charge on any atom is -0.503 e. The first kappa shape index (κ1) is 10.6. The highest BCUT2D eigenvalue weighted by atomic mass is 16.5. The van der Waals surface area contributed by atoms with Gasteiger partial charge in [-0.2, -0.15) is 0 Å². The van der Waals surface area contributed by atoms with Crippen LogP contribution < -0.4 is 10.5 Å². The fourth-order valence-electron chi connectivity index (χ4n) is 1.66. The van der Waals surface area contributed by atoms with Gasteiger partial charge in [0.05, 0.1) is 12.3 Å². The van der Waals surface area contributed by atoms with E-state index in [-0.39, 0.29) is 5.75 Å². The maximum atomic E-state index is 9.87. The molecule has 0 bridgehead atoms. The van der Waals surface area contributed by atoms with E-state index < -0.39 is 0 Å². The van der Waals surface area contributed by atoms with Crippen LogP contribution in [0.15, 0.2) is 30.3 Å². The Morgan fingerprint density at radius 1 is 1.31 bits per heavy atom. The van der Waals surface area contributed by atoms with E-state index in [0.717, 1.165) is 17.2 Å². The lowest BCUT2D eigenvalue weighted by Gasteiger charge is -2.11. The van der Waals surface area contributed by atoms with Crippen molar-refractivity contribution in [3.63, 3.8) is 0 Å². The second-order valence-corrected chi connectivity index (χ2v) is 3.71. The van der Waals surface area contributed by atoms with Crippen LogP contribution >= 0.6 is 0 Å². The van der Waals surface area contributed by atoms with Gasteiger partial charge in [0.2, 0.25) is 0 Å². The molecule has 0 saturated heterocycles. The number of ether oxygens (including phenoxy) is 1. The molecule has 3 nitrogen and oxygen atoms in total. The van der Waals surface area contributed by atoms with Crippen LogP contribution in [-0.2, 0) is 0 Å². The Balaban J connectivity index is 2.55. The van der Waals surface area contributed by atoms with Crippen molar-refractivity contribution in [1.82, 2.24) is 0 Å². The normalized spacial score (nSPS) is 10.6. The first-order valence-electron chi connectivity index (χ1n) is 5.37. The van der Waals surface area contributed by atoms with Crippen molar-refractivity contribution in [2.45, 2.75) is 13.3 Å². The van der Waals surface area contributed by atoms with Crippen LogP contribution in [0.4, 0.5) is 5.69 Å². The van der Waals surface area contributed by atoms with Crippen LogP contribution in [-0.4, -0.2) is 11.7 Å². The average Bonchev–Trinajstić information content (AvgIpc) is 2.32. The van der Waals surface area contributed by atoms with E-state index in [4.69, 9.17) is 10.5 Å². The zero-order valence-corrected chi connectivity index (χ0v) is 9.23. The smallest absolute Gasteiger partial charge is 0.181 e. The fourth-order valence-corrected chi connectivity index (χ4v) is 1.66. The first-order valence-corrected chi connectivity index (χ1v) is 5.37. The van der Waals surface area contributed by atoms with Gasteiger partial charge in [-0.25, -0.2) is 0 Å². The third kappa shape index (κ3) is 1.76. The molecule has 0 amide bonds. The van der Waals surface area contributed by atoms with Gasteiger partial charge in [0.25, 0.3) is 0 Å². The Morgan fingerprint density at radius 3 is 2.81 bits per heavy atom. The molecular weight excluding hydrogens is 202 g/mol. The average molecular weight is 217 g/mol. The molecule has 0 heterocycles. The monoisotopic (exact) mass is 217 g/mol. The summed E-state index contributed by atoms with van der Waals surface area (Å²) in [7, 11) is 0. The van der Waals surface area contributed by atoms with Crippen molar-refractivity contribution < 1.29 is 9.84 Å². The van der Waals surface area contributed by atoms with Gasteiger partial charge in [0.15, 0.2) is 11.5 Å². The van der Waals surface area contributed by atoms with Gasteiger partial charge < -0.3 is 15.6 Å². The number of rotatable bonds is 3. The van der Waals surface area contributed by atoms with Crippen molar-refractivity contribution in [3.05, 3.63) is 30.3 Å². The van der Waals surface area contributed by atoms with Gasteiger partial charge in [0, 0.05) is 5.39 Å². The zero-order chi connectivity index (χ0) is 11.5. The lowest BCUT2D eigenvalue weighted by atomic mass is 10.1. The number of nitrogen functional groups attached to an aromatic ring is 1. The number of benzene rings is 2. The van der Waals surface area contributed by atoms with Crippen LogP contribution in [0.3, 0.4) is 0 Å². The molecule has 0 spiro atoms. The fraction of sp³-hybridized carbons (Fsp3) is 0.231. The van der Waals surface area contributed by atoms with E-state index in [1.165, 1.54) is 0 Å². The third-order valence-electron chi connectivity index (χ3n) is 2.49. The molecule has 0 aliphatic carbocycles. The molecule has 2 rings (SSSR count). The number of hydrogen-bond acceptors (Lipinski definition) is 3. The van der Waals surface area contributed by atoms with Crippen molar-refractivity contribution in [1.29, 1.82) is 0 Å². The third-order valence-corrected chi connectivity index (χ3v) is 2.49. The molecule has 3 heteroatoms.